The largest absolute Gasteiger partial charge is 0.312 e. The molecule has 0 bridgehead atoms. The van der Waals surface area contributed by atoms with Gasteiger partial charge in [0.25, 0.3) is 0 Å². The fourth-order valence-corrected chi connectivity index (χ4v) is 3.40. The average Bonchev–Trinajstić information content (AvgIpc) is 2.40. The van der Waals surface area contributed by atoms with Crippen LogP contribution in [0.25, 0.3) is 0 Å². The molecule has 1 unspecified atom stereocenters. The first-order chi connectivity index (χ1) is 8.69. The Kier molecular flexibility index (Phi) is 5.46. The Labute approximate surface area is 113 Å². The van der Waals surface area contributed by atoms with E-state index < -0.39 is 0 Å². The van der Waals surface area contributed by atoms with Crippen LogP contribution in [0.4, 0.5) is 0 Å². The van der Waals surface area contributed by atoms with Crippen LogP contribution in [0.2, 0.25) is 0 Å². The minimum atomic E-state index is 0.702. The highest BCUT2D eigenvalue weighted by Gasteiger charge is 2.24. The molecule has 1 aliphatic carbocycles. The molecule has 1 aliphatic heterocycles. The fourth-order valence-electron chi connectivity index (χ4n) is 3.40. The van der Waals surface area contributed by atoms with Crippen LogP contribution in [-0.2, 0) is 0 Å². The highest BCUT2D eigenvalue weighted by molar-refractivity contribution is 4.83. The summed E-state index contributed by atoms with van der Waals surface area (Å²) in [5.74, 6) is 1.01. The summed E-state index contributed by atoms with van der Waals surface area (Å²) in [5.41, 5.74) is 0. The molecule has 2 rings (SSSR count). The topological polar surface area (TPSA) is 18.5 Å². The van der Waals surface area contributed by atoms with E-state index in [1.807, 2.05) is 0 Å². The van der Waals surface area contributed by atoms with Crippen LogP contribution in [0.1, 0.15) is 39.0 Å². The summed E-state index contributed by atoms with van der Waals surface area (Å²) in [5, 5.41) is 3.82. The molecule has 0 amide bonds. The van der Waals surface area contributed by atoms with Gasteiger partial charge in [-0.3, -0.25) is 4.90 Å². The van der Waals surface area contributed by atoms with Gasteiger partial charge in [-0.15, -0.1) is 0 Å². The first-order valence-electron chi connectivity index (χ1n) is 7.81. The second kappa shape index (κ2) is 6.88. The molecule has 18 heavy (non-hydrogen) atoms. The zero-order valence-electron chi connectivity index (χ0n) is 12.5. The maximum absolute atomic E-state index is 3.82. The monoisotopic (exact) mass is 253 g/mol. The predicted molar refractivity (Wildman–Crippen MR) is 78.0 cm³/mol. The van der Waals surface area contributed by atoms with Crippen LogP contribution >= 0.6 is 0 Å². The maximum atomic E-state index is 3.82. The molecule has 3 heteroatoms. The lowest BCUT2D eigenvalue weighted by molar-refractivity contribution is 0.109. The molecule has 1 atom stereocenters. The van der Waals surface area contributed by atoms with E-state index in [0.29, 0.717) is 6.04 Å². The third-order valence-electron chi connectivity index (χ3n) is 5.05. The zero-order valence-corrected chi connectivity index (χ0v) is 12.5. The third kappa shape index (κ3) is 3.94. The molecule has 2 aliphatic rings. The lowest BCUT2D eigenvalue weighted by Crippen LogP contribution is -2.55. The highest BCUT2D eigenvalue weighted by Crippen LogP contribution is 2.26. The molecule has 3 nitrogen and oxygen atoms in total. The fraction of sp³-hybridized carbons (Fsp3) is 1.00. The van der Waals surface area contributed by atoms with Crippen molar-refractivity contribution in [2.24, 2.45) is 5.92 Å². The van der Waals surface area contributed by atoms with Gasteiger partial charge in [0.05, 0.1) is 0 Å². The van der Waals surface area contributed by atoms with E-state index >= 15 is 0 Å². The minimum Gasteiger partial charge on any atom is -0.312 e. The number of likely N-dealkylation sites (N-methyl/N-ethyl adjacent to an activating group) is 2. The SMILES string of the molecule is CCC1CCC(NCC2CN(C)CCN2C)CC1. The molecular formula is C15H31N3. The first-order valence-corrected chi connectivity index (χ1v) is 7.81. The summed E-state index contributed by atoms with van der Waals surface area (Å²) >= 11 is 0. The van der Waals surface area contributed by atoms with Gasteiger partial charge in [-0.05, 0) is 45.7 Å². The van der Waals surface area contributed by atoms with Crippen molar-refractivity contribution >= 4 is 0 Å². The molecule has 1 saturated carbocycles. The second-order valence-corrected chi connectivity index (χ2v) is 6.43. The lowest BCUT2D eigenvalue weighted by Gasteiger charge is -2.39. The standard InChI is InChI=1S/C15H31N3/c1-4-13-5-7-14(8-6-13)16-11-15-12-17(2)9-10-18(15)3/h13-16H,4-12H2,1-3H3. The molecule has 1 heterocycles. The molecule has 0 aromatic heterocycles. The molecule has 1 N–H and O–H groups in total. The molecule has 0 aromatic carbocycles. The molecule has 2 fully saturated rings. The van der Waals surface area contributed by atoms with E-state index in [2.05, 4.69) is 36.1 Å². The molecule has 1 saturated heterocycles. The van der Waals surface area contributed by atoms with Gasteiger partial charge in [0.15, 0.2) is 0 Å². The Bertz CT molecular complexity index is 236. The van der Waals surface area contributed by atoms with Crippen molar-refractivity contribution in [3.63, 3.8) is 0 Å². The van der Waals surface area contributed by atoms with Crippen molar-refractivity contribution in [3.8, 4) is 0 Å². The van der Waals surface area contributed by atoms with E-state index in [9.17, 15) is 0 Å². The summed E-state index contributed by atoms with van der Waals surface area (Å²) < 4.78 is 0. The van der Waals surface area contributed by atoms with Crippen molar-refractivity contribution in [2.75, 3.05) is 40.3 Å². The van der Waals surface area contributed by atoms with Crippen molar-refractivity contribution in [2.45, 2.75) is 51.1 Å². The Morgan fingerprint density at radius 2 is 1.78 bits per heavy atom. The Morgan fingerprint density at radius 1 is 1.06 bits per heavy atom. The van der Waals surface area contributed by atoms with Gasteiger partial charge in [0, 0.05) is 38.3 Å². The zero-order chi connectivity index (χ0) is 13.0. The summed E-state index contributed by atoms with van der Waals surface area (Å²) in [6, 6.07) is 1.49. The van der Waals surface area contributed by atoms with Gasteiger partial charge < -0.3 is 10.2 Å². The molecular weight excluding hydrogens is 222 g/mol. The Hall–Kier alpha value is -0.120. The first kappa shape index (κ1) is 14.3. The predicted octanol–water partition coefficient (Wildman–Crippen LogP) is 1.79. The summed E-state index contributed by atoms with van der Waals surface area (Å²) in [4.78, 5) is 4.98. The average molecular weight is 253 g/mol. The Morgan fingerprint density at radius 3 is 2.44 bits per heavy atom. The number of nitrogens with one attached hydrogen (secondary N) is 1. The van der Waals surface area contributed by atoms with Crippen LogP contribution in [0.15, 0.2) is 0 Å². The number of nitrogens with zero attached hydrogens (tertiary/aromatic N) is 2. The second-order valence-electron chi connectivity index (χ2n) is 6.43. The van der Waals surface area contributed by atoms with E-state index in [-0.39, 0.29) is 0 Å². The van der Waals surface area contributed by atoms with E-state index in [4.69, 9.17) is 0 Å². The van der Waals surface area contributed by atoms with Crippen LogP contribution in [0.3, 0.4) is 0 Å². The van der Waals surface area contributed by atoms with Gasteiger partial charge in [-0.25, -0.2) is 0 Å². The summed E-state index contributed by atoms with van der Waals surface area (Å²) in [6.07, 6.45) is 7.04. The molecule has 0 spiro atoms. The third-order valence-corrected chi connectivity index (χ3v) is 5.05. The van der Waals surface area contributed by atoms with Crippen LogP contribution in [0, 0.1) is 5.92 Å². The van der Waals surface area contributed by atoms with Crippen molar-refractivity contribution in [1.29, 1.82) is 0 Å². The van der Waals surface area contributed by atoms with E-state index in [1.165, 1.54) is 58.3 Å². The number of piperazine rings is 1. The van der Waals surface area contributed by atoms with Crippen molar-refractivity contribution < 1.29 is 0 Å². The van der Waals surface area contributed by atoms with Gasteiger partial charge in [0.1, 0.15) is 0 Å². The lowest BCUT2D eigenvalue weighted by atomic mass is 9.84. The van der Waals surface area contributed by atoms with Crippen LogP contribution in [0.5, 0.6) is 0 Å². The number of hydrogen-bond donors (Lipinski definition) is 1. The van der Waals surface area contributed by atoms with Crippen LogP contribution < -0.4 is 5.32 Å². The smallest absolute Gasteiger partial charge is 0.0345 e. The molecule has 106 valence electrons. The summed E-state index contributed by atoms with van der Waals surface area (Å²) in [7, 11) is 4.51. The van der Waals surface area contributed by atoms with Crippen LogP contribution in [-0.4, -0.2) is 62.2 Å². The molecule has 0 aromatic rings. The van der Waals surface area contributed by atoms with Crippen molar-refractivity contribution in [3.05, 3.63) is 0 Å². The van der Waals surface area contributed by atoms with Gasteiger partial charge in [-0.2, -0.15) is 0 Å². The summed E-state index contributed by atoms with van der Waals surface area (Å²) in [6.45, 7) is 7.15. The number of rotatable bonds is 4. The van der Waals surface area contributed by atoms with Gasteiger partial charge in [-0.1, -0.05) is 13.3 Å². The normalized spacial score (nSPS) is 35.8. The van der Waals surface area contributed by atoms with E-state index in [0.717, 1.165) is 12.0 Å². The number of hydrogen-bond acceptors (Lipinski definition) is 3. The van der Waals surface area contributed by atoms with Gasteiger partial charge >= 0.3 is 0 Å². The maximum Gasteiger partial charge on any atom is 0.0345 e. The minimum absolute atomic E-state index is 0.702. The molecule has 0 radical (unpaired) electrons. The highest BCUT2D eigenvalue weighted by atomic mass is 15.3. The van der Waals surface area contributed by atoms with Crippen molar-refractivity contribution in [1.82, 2.24) is 15.1 Å². The Balaban J connectivity index is 1.68. The quantitative estimate of drug-likeness (QED) is 0.824. The van der Waals surface area contributed by atoms with E-state index in [1.54, 1.807) is 0 Å². The van der Waals surface area contributed by atoms with Gasteiger partial charge in [0.2, 0.25) is 0 Å².